The normalized spacial score (nSPS) is 16.0. The Bertz CT molecular complexity index is 1540. The summed E-state index contributed by atoms with van der Waals surface area (Å²) in [6.07, 6.45) is 3.70. The molecular weight excluding hydrogens is 384 g/mol. The van der Waals surface area contributed by atoms with Gasteiger partial charge in [-0.05, 0) is 37.1 Å². The molecule has 5 aromatic rings. The lowest BCUT2D eigenvalue weighted by Crippen LogP contribution is -2.15. The van der Waals surface area contributed by atoms with Crippen LogP contribution in [0.3, 0.4) is 0 Å². The third kappa shape index (κ3) is 2.20. The quantitative estimate of drug-likeness (QED) is 0.479. The number of aromatic amines is 1. The molecule has 5 heterocycles. The summed E-state index contributed by atoms with van der Waals surface area (Å²) in [5.41, 5.74) is 3.81. The van der Waals surface area contributed by atoms with Gasteiger partial charge in [-0.25, -0.2) is 14.8 Å². The van der Waals surface area contributed by atoms with Gasteiger partial charge in [0, 0.05) is 24.4 Å². The van der Waals surface area contributed by atoms with E-state index >= 15 is 0 Å². The molecule has 0 saturated heterocycles. The summed E-state index contributed by atoms with van der Waals surface area (Å²) in [6, 6.07) is 7.66. The van der Waals surface area contributed by atoms with Gasteiger partial charge in [0.2, 0.25) is 5.88 Å². The number of ether oxygens (including phenoxy) is 1. The summed E-state index contributed by atoms with van der Waals surface area (Å²) in [4.78, 5) is 24.2. The average Bonchev–Trinajstić information content (AvgIpc) is 3.16. The lowest BCUT2D eigenvalue weighted by molar-refractivity contribution is 0.391. The largest absolute Gasteiger partial charge is 0.439 e. The SMILES string of the molecule is O=c1[nH]c2noc(C3CC3)c2c2cc3cc(Oc4ncnc5c4CNC5)ccc3n12. The van der Waals surface area contributed by atoms with Crippen molar-refractivity contribution in [2.75, 3.05) is 0 Å². The molecule has 30 heavy (non-hydrogen) atoms. The summed E-state index contributed by atoms with van der Waals surface area (Å²) >= 11 is 0. The van der Waals surface area contributed by atoms with Crippen molar-refractivity contribution in [2.24, 2.45) is 0 Å². The van der Waals surface area contributed by atoms with Gasteiger partial charge in [0.05, 0.1) is 27.7 Å². The average molecular weight is 400 g/mol. The van der Waals surface area contributed by atoms with Crippen LogP contribution in [0.4, 0.5) is 0 Å². The van der Waals surface area contributed by atoms with Gasteiger partial charge in [-0.1, -0.05) is 5.16 Å². The molecule has 1 fully saturated rings. The van der Waals surface area contributed by atoms with Crippen LogP contribution in [0.25, 0.3) is 27.5 Å². The third-order valence-corrected chi connectivity index (χ3v) is 5.93. The highest BCUT2D eigenvalue weighted by Crippen LogP contribution is 2.44. The zero-order valence-electron chi connectivity index (χ0n) is 15.8. The number of aromatic nitrogens is 5. The Morgan fingerprint density at radius 1 is 1.13 bits per heavy atom. The molecule has 7 rings (SSSR count). The molecule has 0 atom stereocenters. The number of nitrogens with one attached hydrogen (secondary N) is 2. The molecule has 1 aliphatic carbocycles. The standard InChI is InChI=1S/C21H16N6O3/c28-21-25-19-17(18(30-26-19)10-1-2-10)16-6-11-5-12(3-4-15(11)27(16)21)29-20-13-7-22-8-14(13)23-9-24-20/h3-6,9-10,22H,1-2,7-8H2,(H,25,26,28). The Morgan fingerprint density at radius 2 is 2.07 bits per heavy atom. The van der Waals surface area contributed by atoms with Crippen LogP contribution in [0.15, 0.2) is 39.9 Å². The predicted octanol–water partition coefficient (Wildman–Crippen LogP) is 2.98. The summed E-state index contributed by atoms with van der Waals surface area (Å²) in [6.45, 7) is 1.41. The highest BCUT2D eigenvalue weighted by molar-refractivity contribution is 6.01. The summed E-state index contributed by atoms with van der Waals surface area (Å²) in [7, 11) is 0. The van der Waals surface area contributed by atoms with E-state index in [4.69, 9.17) is 9.26 Å². The molecule has 0 amide bonds. The molecular formula is C21H16N6O3. The second kappa shape index (κ2) is 5.67. The fourth-order valence-corrected chi connectivity index (χ4v) is 4.34. The molecule has 2 N–H and O–H groups in total. The van der Waals surface area contributed by atoms with Gasteiger partial charge in [-0.15, -0.1) is 0 Å². The Morgan fingerprint density at radius 3 is 2.97 bits per heavy atom. The number of benzene rings is 1. The van der Waals surface area contributed by atoms with Crippen molar-refractivity contribution in [1.82, 2.24) is 29.8 Å². The first-order valence-corrected chi connectivity index (χ1v) is 9.94. The van der Waals surface area contributed by atoms with Gasteiger partial charge in [-0.3, -0.25) is 9.38 Å². The Labute approximate surface area is 168 Å². The topological polar surface area (TPSA) is 110 Å². The van der Waals surface area contributed by atoms with Crippen molar-refractivity contribution >= 4 is 27.5 Å². The van der Waals surface area contributed by atoms with Gasteiger partial charge in [-0.2, -0.15) is 0 Å². The first-order chi connectivity index (χ1) is 14.8. The summed E-state index contributed by atoms with van der Waals surface area (Å²) < 4.78 is 13.3. The number of fused-ring (bicyclic) bond motifs is 6. The molecule has 1 aromatic carbocycles. The maximum atomic E-state index is 12.7. The van der Waals surface area contributed by atoms with E-state index in [1.54, 1.807) is 4.40 Å². The zero-order chi connectivity index (χ0) is 19.8. The Kier molecular flexibility index (Phi) is 3.04. The van der Waals surface area contributed by atoms with E-state index in [1.165, 1.54) is 6.33 Å². The fraction of sp³-hybridized carbons (Fsp3) is 0.238. The van der Waals surface area contributed by atoms with Gasteiger partial charge < -0.3 is 14.6 Å². The van der Waals surface area contributed by atoms with Gasteiger partial charge >= 0.3 is 5.69 Å². The maximum Gasteiger partial charge on any atom is 0.332 e. The van der Waals surface area contributed by atoms with Crippen LogP contribution < -0.4 is 15.7 Å². The van der Waals surface area contributed by atoms with Crippen molar-refractivity contribution in [1.29, 1.82) is 0 Å². The maximum absolute atomic E-state index is 12.7. The van der Waals surface area contributed by atoms with Crippen molar-refractivity contribution in [2.45, 2.75) is 31.8 Å². The van der Waals surface area contributed by atoms with E-state index < -0.39 is 0 Å². The minimum absolute atomic E-state index is 0.239. The highest BCUT2D eigenvalue weighted by atomic mass is 16.5. The highest BCUT2D eigenvalue weighted by Gasteiger charge is 2.31. The molecule has 0 unspecified atom stereocenters. The van der Waals surface area contributed by atoms with E-state index in [2.05, 4.69) is 25.4 Å². The first-order valence-electron chi connectivity index (χ1n) is 9.94. The van der Waals surface area contributed by atoms with Crippen molar-refractivity contribution in [3.8, 4) is 11.6 Å². The van der Waals surface area contributed by atoms with E-state index in [9.17, 15) is 4.79 Å². The van der Waals surface area contributed by atoms with Crippen LogP contribution in [0.5, 0.6) is 11.6 Å². The summed E-state index contributed by atoms with van der Waals surface area (Å²) in [5, 5.41) is 9.13. The van der Waals surface area contributed by atoms with Crippen molar-refractivity contribution in [3.05, 3.63) is 58.1 Å². The van der Waals surface area contributed by atoms with Gasteiger partial charge in [0.15, 0.2) is 11.4 Å². The van der Waals surface area contributed by atoms with Crippen LogP contribution in [0, 0.1) is 0 Å². The van der Waals surface area contributed by atoms with Crippen LogP contribution in [-0.2, 0) is 13.1 Å². The molecule has 9 nitrogen and oxygen atoms in total. The van der Waals surface area contributed by atoms with Crippen molar-refractivity contribution in [3.63, 3.8) is 0 Å². The molecule has 0 radical (unpaired) electrons. The van der Waals surface area contributed by atoms with Gasteiger partial charge in [0.25, 0.3) is 0 Å². The van der Waals surface area contributed by atoms with Crippen LogP contribution in [-0.4, -0.2) is 24.5 Å². The van der Waals surface area contributed by atoms with Gasteiger partial charge in [0.1, 0.15) is 12.1 Å². The predicted molar refractivity (Wildman–Crippen MR) is 108 cm³/mol. The monoisotopic (exact) mass is 400 g/mol. The van der Waals surface area contributed by atoms with Crippen molar-refractivity contribution < 1.29 is 9.26 Å². The van der Waals surface area contributed by atoms with E-state index in [0.717, 1.165) is 58.2 Å². The number of nitrogens with zero attached hydrogens (tertiary/aromatic N) is 4. The molecule has 2 aliphatic rings. The Balaban J connectivity index is 1.41. The van der Waals surface area contributed by atoms with E-state index in [0.29, 0.717) is 29.7 Å². The second-order valence-electron chi connectivity index (χ2n) is 7.87. The van der Waals surface area contributed by atoms with Crippen LogP contribution in [0.1, 0.15) is 35.8 Å². The lowest BCUT2D eigenvalue weighted by atomic mass is 10.2. The lowest BCUT2D eigenvalue weighted by Gasteiger charge is -2.08. The third-order valence-electron chi connectivity index (χ3n) is 5.93. The smallest absolute Gasteiger partial charge is 0.332 e. The van der Waals surface area contributed by atoms with E-state index in [-0.39, 0.29) is 5.69 Å². The molecule has 4 aromatic heterocycles. The molecule has 9 heteroatoms. The number of hydrogen-bond acceptors (Lipinski definition) is 7. The fourth-order valence-electron chi connectivity index (χ4n) is 4.34. The minimum Gasteiger partial charge on any atom is -0.439 e. The zero-order valence-corrected chi connectivity index (χ0v) is 15.8. The molecule has 0 spiro atoms. The molecule has 0 bridgehead atoms. The van der Waals surface area contributed by atoms with E-state index in [1.807, 2.05) is 24.3 Å². The molecule has 1 saturated carbocycles. The Hall–Kier alpha value is -3.72. The minimum atomic E-state index is -0.239. The number of H-pyrrole nitrogens is 1. The molecule has 148 valence electrons. The van der Waals surface area contributed by atoms with Crippen LogP contribution >= 0.6 is 0 Å². The number of rotatable bonds is 3. The first kappa shape index (κ1) is 16.1. The molecule has 1 aliphatic heterocycles. The number of hydrogen-bond donors (Lipinski definition) is 2. The summed E-state index contributed by atoms with van der Waals surface area (Å²) in [5.74, 6) is 2.46. The van der Waals surface area contributed by atoms with Crippen LogP contribution in [0.2, 0.25) is 0 Å². The second-order valence-corrected chi connectivity index (χ2v) is 7.87.